The lowest BCUT2D eigenvalue weighted by Gasteiger charge is -2.34. The molecule has 1 aromatic heterocycles. The number of esters is 2. The van der Waals surface area contributed by atoms with Crippen molar-refractivity contribution in [2.45, 2.75) is 45.6 Å². The molecule has 0 radical (unpaired) electrons. The monoisotopic (exact) mass is 530 g/mol. The molecule has 0 bridgehead atoms. The Hall–Kier alpha value is -3.97. The molecule has 0 unspecified atom stereocenters. The molecule has 1 aliphatic rings. The number of hydrogen-bond donors (Lipinski definition) is 0. The van der Waals surface area contributed by atoms with Crippen molar-refractivity contribution in [1.82, 2.24) is 0 Å². The van der Waals surface area contributed by atoms with Crippen molar-refractivity contribution in [3.63, 3.8) is 0 Å². The van der Waals surface area contributed by atoms with Crippen molar-refractivity contribution in [2.24, 2.45) is 5.41 Å². The Morgan fingerprint density at radius 3 is 2.00 bits per heavy atom. The Balaban J connectivity index is 2.08. The first-order valence-corrected chi connectivity index (χ1v) is 12.9. The van der Waals surface area contributed by atoms with E-state index in [0.717, 1.165) is 33.4 Å². The number of benzene rings is 2. The number of ether oxygens (including phenoxy) is 3. The van der Waals surface area contributed by atoms with Gasteiger partial charge in [-0.3, -0.25) is 9.59 Å². The highest BCUT2D eigenvalue weighted by molar-refractivity contribution is 6.06. The number of hydrogen-bond acceptors (Lipinski definition) is 7. The second kappa shape index (κ2) is 11.8. The largest absolute Gasteiger partial charge is 0.468 e. The summed E-state index contributed by atoms with van der Waals surface area (Å²) in [6.45, 7) is 3.41. The highest BCUT2D eigenvalue weighted by Gasteiger charge is 2.54. The van der Waals surface area contributed by atoms with Gasteiger partial charge in [-0.15, -0.1) is 0 Å². The SMILES string of the molecule is COC(=O)C1(C(=O)OC)C/C(=C(/CCC(C)=O)c2ccccc2)c2c(oc(C)c2[C@H](OC)c2ccccc2)C1. The minimum absolute atomic E-state index is 0.0218. The van der Waals surface area contributed by atoms with Gasteiger partial charge < -0.3 is 23.4 Å². The molecule has 4 rings (SSSR count). The lowest BCUT2D eigenvalue weighted by Crippen LogP contribution is -2.45. The molecule has 0 spiro atoms. The summed E-state index contributed by atoms with van der Waals surface area (Å²) in [6, 6.07) is 19.5. The number of methoxy groups -OCH3 is 3. The molecule has 0 saturated heterocycles. The molecule has 7 heteroatoms. The lowest BCUT2D eigenvalue weighted by molar-refractivity contribution is -0.169. The number of carbonyl (C=O) groups is 3. The van der Waals surface area contributed by atoms with E-state index in [9.17, 15) is 14.4 Å². The number of fused-ring (bicyclic) bond motifs is 1. The smallest absolute Gasteiger partial charge is 0.324 e. The Morgan fingerprint density at radius 1 is 0.872 bits per heavy atom. The van der Waals surface area contributed by atoms with Crippen molar-refractivity contribution in [3.05, 3.63) is 94.4 Å². The summed E-state index contributed by atoms with van der Waals surface area (Å²) in [4.78, 5) is 38.8. The van der Waals surface area contributed by atoms with Crippen LogP contribution in [-0.4, -0.2) is 39.1 Å². The lowest BCUT2D eigenvalue weighted by atomic mass is 9.68. The Morgan fingerprint density at radius 2 is 1.46 bits per heavy atom. The summed E-state index contributed by atoms with van der Waals surface area (Å²) in [7, 11) is 4.16. The molecule has 3 aromatic rings. The molecule has 0 N–H and O–H groups in total. The second-order valence-corrected chi connectivity index (χ2v) is 9.84. The van der Waals surface area contributed by atoms with Crippen LogP contribution < -0.4 is 0 Å². The molecule has 0 saturated carbocycles. The fraction of sp³-hybridized carbons (Fsp3) is 0.344. The number of ketones is 1. The van der Waals surface area contributed by atoms with Gasteiger partial charge in [-0.2, -0.15) is 0 Å². The van der Waals surface area contributed by atoms with Crippen LogP contribution in [-0.2, 0) is 35.0 Å². The minimum Gasteiger partial charge on any atom is -0.468 e. The summed E-state index contributed by atoms with van der Waals surface area (Å²) in [5.41, 5.74) is 3.41. The van der Waals surface area contributed by atoms with E-state index < -0.39 is 23.5 Å². The maximum atomic E-state index is 13.3. The van der Waals surface area contributed by atoms with Crippen molar-refractivity contribution in [2.75, 3.05) is 21.3 Å². The maximum Gasteiger partial charge on any atom is 0.324 e. The third-order valence-electron chi connectivity index (χ3n) is 7.41. The van der Waals surface area contributed by atoms with Gasteiger partial charge in [-0.25, -0.2) is 0 Å². The Kier molecular flexibility index (Phi) is 8.51. The van der Waals surface area contributed by atoms with Gasteiger partial charge in [0.15, 0.2) is 5.41 Å². The number of carbonyl (C=O) groups excluding carboxylic acids is 3. The van der Waals surface area contributed by atoms with Gasteiger partial charge in [-0.05, 0) is 42.5 Å². The third kappa shape index (κ3) is 5.32. The normalized spacial score (nSPS) is 16.1. The van der Waals surface area contributed by atoms with Crippen molar-refractivity contribution in [1.29, 1.82) is 0 Å². The Bertz CT molecular complexity index is 1370. The van der Waals surface area contributed by atoms with Crippen LogP contribution in [0.1, 0.15) is 66.1 Å². The minimum atomic E-state index is -1.64. The molecule has 39 heavy (non-hydrogen) atoms. The van der Waals surface area contributed by atoms with E-state index in [1.54, 1.807) is 14.0 Å². The predicted molar refractivity (Wildman–Crippen MR) is 147 cm³/mol. The number of rotatable bonds is 9. The molecule has 1 aliphatic carbocycles. The molecule has 1 atom stereocenters. The van der Waals surface area contributed by atoms with E-state index in [-0.39, 0.29) is 18.6 Å². The topological polar surface area (TPSA) is 92.0 Å². The fourth-order valence-electron chi connectivity index (χ4n) is 5.59. The van der Waals surface area contributed by atoms with Crippen LogP contribution in [0.2, 0.25) is 0 Å². The summed E-state index contributed by atoms with van der Waals surface area (Å²) in [6.07, 6.45) is 0.261. The van der Waals surface area contributed by atoms with Crippen molar-refractivity contribution < 1.29 is 33.0 Å². The van der Waals surface area contributed by atoms with E-state index in [1.807, 2.05) is 67.6 Å². The van der Waals surface area contributed by atoms with E-state index in [1.165, 1.54) is 14.2 Å². The zero-order chi connectivity index (χ0) is 28.2. The van der Waals surface area contributed by atoms with Crippen LogP contribution in [0, 0.1) is 12.3 Å². The van der Waals surface area contributed by atoms with E-state index in [0.29, 0.717) is 24.4 Å². The zero-order valence-electron chi connectivity index (χ0n) is 23.0. The third-order valence-corrected chi connectivity index (χ3v) is 7.41. The first-order chi connectivity index (χ1) is 18.8. The Labute approximate surface area is 228 Å². The van der Waals surface area contributed by atoms with Gasteiger partial charge in [0.25, 0.3) is 0 Å². The molecule has 1 heterocycles. The molecule has 0 amide bonds. The van der Waals surface area contributed by atoms with Gasteiger partial charge in [0.2, 0.25) is 0 Å². The summed E-state index contributed by atoms with van der Waals surface area (Å²) in [5.74, 6) is -0.252. The van der Waals surface area contributed by atoms with Crippen LogP contribution in [0.5, 0.6) is 0 Å². The van der Waals surface area contributed by atoms with Crippen molar-refractivity contribution in [3.8, 4) is 0 Å². The number of Topliss-reactive ketones (excluding diaryl/α,β-unsaturated/α-hetero) is 1. The average molecular weight is 531 g/mol. The molecule has 204 valence electrons. The summed E-state index contributed by atoms with van der Waals surface area (Å²) in [5, 5.41) is 0. The zero-order valence-corrected chi connectivity index (χ0v) is 23.0. The quantitative estimate of drug-likeness (QED) is 0.252. The standard InChI is InChI=1S/C32H34O7/c1-20(33)16-17-24(22-12-8-6-9-13-22)25-18-32(30(34)37-4,31(35)38-5)19-26-28(25)27(21(2)39-26)29(36-3)23-14-10-7-11-15-23/h6-15,29H,16-19H2,1-5H3/b25-24+/t29-/m1/s1. The number of allylic oxidation sites excluding steroid dienone is 2. The molecular formula is C32H34O7. The second-order valence-electron chi connectivity index (χ2n) is 9.84. The van der Waals surface area contributed by atoms with E-state index in [4.69, 9.17) is 18.6 Å². The van der Waals surface area contributed by atoms with E-state index >= 15 is 0 Å². The first kappa shape index (κ1) is 28.0. The average Bonchev–Trinajstić information content (AvgIpc) is 3.28. The number of aryl methyl sites for hydroxylation is 1. The molecule has 0 fully saturated rings. The highest BCUT2D eigenvalue weighted by atomic mass is 16.5. The van der Waals surface area contributed by atoms with Gasteiger partial charge in [0.1, 0.15) is 23.4 Å². The van der Waals surface area contributed by atoms with Gasteiger partial charge in [0.05, 0.1) is 14.2 Å². The van der Waals surface area contributed by atoms with Crippen LogP contribution in [0.15, 0.2) is 65.1 Å². The highest BCUT2D eigenvalue weighted by Crippen LogP contribution is 2.52. The molecule has 7 nitrogen and oxygen atoms in total. The summed E-state index contributed by atoms with van der Waals surface area (Å²) < 4.78 is 22.7. The molecule has 2 aromatic carbocycles. The fourth-order valence-corrected chi connectivity index (χ4v) is 5.59. The predicted octanol–water partition coefficient (Wildman–Crippen LogP) is 5.88. The van der Waals surface area contributed by atoms with Crippen LogP contribution >= 0.6 is 0 Å². The molecule has 0 aliphatic heterocycles. The van der Waals surface area contributed by atoms with Gasteiger partial charge in [0, 0.05) is 37.5 Å². The van der Waals surface area contributed by atoms with Crippen LogP contribution in [0.4, 0.5) is 0 Å². The van der Waals surface area contributed by atoms with Gasteiger partial charge in [-0.1, -0.05) is 60.7 Å². The van der Waals surface area contributed by atoms with E-state index in [2.05, 4.69) is 0 Å². The molecular weight excluding hydrogens is 496 g/mol. The first-order valence-electron chi connectivity index (χ1n) is 12.9. The number of furan rings is 1. The van der Waals surface area contributed by atoms with Crippen LogP contribution in [0.25, 0.3) is 11.1 Å². The van der Waals surface area contributed by atoms with Crippen molar-refractivity contribution >= 4 is 28.9 Å². The van der Waals surface area contributed by atoms with Gasteiger partial charge >= 0.3 is 11.9 Å². The summed E-state index contributed by atoms with van der Waals surface area (Å²) >= 11 is 0. The van der Waals surface area contributed by atoms with Crippen LogP contribution in [0.3, 0.4) is 0 Å². The maximum absolute atomic E-state index is 13.3.